The third-order valence-electron chi connectivity index (χ3n) is 3.89. The monoisotopic (exact) mass is 400 g/mol. The van der Waals surface area contributed by atoms with Crippen molar-refractivity contribution in [1.29, 1.82) is 0 Å². The minimum absolute atomic E-state index is 0.0225. The summed E-state index contributed by atoms with van der Waals surface area (Å²) in [4.78, 5) is -0.0680. The molecule has 0 aliphatic rings. The lowest BCUT2D eigenvalue weighted by Gasteiger charge is -2.18. The fourth-order valence-corrected chi connectivity index (χ4v) is 4.87. The Morgan fingerprint density at radius 1 is 0.885 bits per heavy atom. The maximum Gasteiger partial charge on any atom is 0.243 e. The summed E-state index contributed by atoms with van der Waals surface area (Å²) in [5.41, 5.74) is 0.219. The van der Waals surface area contributed by atoms with Crippen LogP contribution in [0.5, 0.6) is 0 Å². The average Bonchev–Trinajstić information content (AvgIpc) is 2.62. The highest BCUT2D eigenvalue weighted by atomic mass is 32.2. The van der Waals surface area contributed by atoms with Crippen molar-refractivity contribution in [2.45, 2.75) is 30.2 Å². The van der Waals surface area contributed by atoms with Crippen LogP contribution in [0.2, 0.25) is 0 Å². The van der Waals surface area contributed by atoms with Crippen LogP contribution in [0.15, 0.2) is 58.3 Å². The number of benzene rings is 2. The molecule has 0 radical (unpaired) electrons. The van der Waals surface area contributed by atoms with Crippen LogP contribution in [0.1, 0.15) is 19.4 Å². The van der Waals surface area contributed by atoms with Crippen molar-refractivity contribution in [3.05, 3.63) is 59.9 Å². The number of nitrogens with one attached hydrogen (secondary N) is 1. The van der Waals surface area contributed by atoms with Crippen LogP contribution < -0.4 is 4.72 Å². The van der Waals surface area contributed by atoms with Gasteiger partial charge in [-0.3, -0.25) is 0 Å². The van der Waals surface area contributed by atoms with Crippen molar-refractivity contribution in [2.75, 3.05) is 13.1 Å². The molecule has 2 aromatic rings. The van der Waals surface area contributed by atoms with Crippen molar-refractivity contribution in [2.24, 2.45) is 0 Å². The minimum atomic E-state index is -3.89. The topological polar surface area (TPSA) is 83.6 Å². The summed E-state index contributed by atoms with van der Waals surface area (Å²) in [6, 6.07) is 10.8. The van der Waals surface area contributed by atoms with Gasteiger partial charge in [0, 0.05) is 25.2 Å². The van der Waals surface area contributed by atoms with E-state index in [9.17, 15) is 21.2 Å². The second-order valence-electron chi connectivity index (χ2n) is 5.48. The summed E-state index contributed by atoms with van der Waals surface area (Å²) in [5.74, 6) is -0.504. The number of nitrogens with zero attached hydrogens (tertiary/aromatic N) is 1. The lowest BCUT2D eigenvalue weighted by molar-refractivity contribution is 0.445. The second-order valence-corrected chi connectivity index (χ2v) is 9.18. The van der Waals surface area contributed by atoms with E-state index in [1.54, 1.807) is 19.9 Å². The van der Waals surface area contributed by atoms with Crippen LogP contribution >= 0.6 is 0 Å². The first kappa shape index (κ1) is 20.5. The Kier molecular flexibility index (Phi) is 6.51. The van der Waals surface area contributed by atoms with E-state index in [1.165, 1.54) is 46.8 Å². The predicted octanol–water partition coefficient (Wildman–Crippen LogP) is 2.33. The summed E-state index contributed by atoms with van der Waals surface area (Å²) in [6.45, 7) is 3.90. The van der Waals surface area contributed by atoms with Crippen molar-refractivity contribution in [3.8, 4) is 0 Å². The molecule has 0 fully saturated rings. The fraction of sp³-hybridized carbons (Fsp3) is 0.294. The van der Waals surface area contributed by atoms with Crippen LogP contribution in [0.4, 0.5) is 4.39 Å². The molecule has 0 aromatic heterocycles. The zero-order valence-electron chi connectivity index (χ0n) is 14.5. The van der Waals surface area contributed by atoms with Gasteiger partial charge >= 0.3 is 0 Å². The Bertz CT molecular complexity index is 955. The van der Waals surface area contributed by atoms with Crippen molar-refractivity contribution in [1.82, 2.24) is 9.03 Å². The molecule has 2 aromatic carbocycles. The van der Waals surface area contributed by atoms with Gasteiger partial charge in [0.15, 0.2) is 0 Å². The maximum absolute atomic E-state index is 13.6. The van der Waals surface area contributed by atoms with E-state index in [4.69, 9.17) is 0 Å². The van der Waals surface area contributed by atoms with Gasteiger partial charge < -0.3 is 0 Å². The van der Waals surface area contributed by atoms with Crippen molar-refractivity contribution >= 4 is 20.0 Å². The molecule has 0 amide bonds. The Balaban J connectivity index is 2.20. The van der Waals surface area contributed by atoms with Crippen molar-refractivity contribution < 1.29 is 21.2 Å². The van der Waals surface area contributed by atoms with E-state index in [2.05, 4.69) is 4.72 Å². The molecule has 0 aliphatic heterocycles. The number of halogens is 1. The Morgan fingerprint density at radius 3 is 1.96 bits per heavy atom. The van der Waals surface area contributed by atoms with E-state index < -0.39 is 25.9 Å². The van der Waals surface area contributed by atoms with Gasteiger partial charge in [-0.05, 0) is 30.3 Å². The Morgan fingerprint density at radius 2 is 1.42 bits per heavy atom. The lowest BCUT2D eigenvalue weighted by Crippen LogP contribution is -2.30. The normalized spacial score (nSPS) is 12.5. The third-order valence-corrected chi connectivity index (χ3v) is 7.37. The van der Waals surface area contributed by atoms with Gasteiger partial charge in [0.1, 0.15) is 5.82 Å². The van der Waals surface area contributed by atoms with E-state index in [1.807, 2.05) is 0 Å². The van der Waals surface area contributed by atoms with Gasteiger partial charge in [-0.2, -0.15) is 4.31 Å². The van der Waals surface area contributed by atoms with Crippen LogP contribution in [0.3, 0.4) is 0 Å². The molecule has 26 heavy (non-hydrogen) atoms. The third kappa shape index (κ3) is 4.47. The van der Waals surface area contributed by atoms with Gasteiger partial charge in [0.25, 0.3) is 0 Å². The predicted molar refractivity (Wildman–Crippen MR) is 97.0 cm³/mol. The van der Waals surface area contributed by atoms with Crippen LogP contribution in [0.25, 0.3) is 0 Å². The molecular formula is C17H21FN2O4S2. The van der Waals surface area contributed by atoms with E-state index >= 15 is 0 Å². The van der Waals surface area contributed by atoms with Crippen LogP contribution in [-0.2, 0) is 26.6 Å². The van der Waals surface area contributed by atoms with Gasteiger partial charge in [-0.25, -0.2) is 25.9 Å². The Hall–Kier alpha value is -1.81. The van der Waals surface area contributed by atoms with E-state index in [0.29, 0.717) is 13.1 Å². The zero-order chi connectivity index (χ0) is 19.4. The number of hydrogen-bond acceptors (Lipinski definition) is 4. The molecule has 0 bridgehead atoms. The maximum atomic E-state index is 13.6. The fourth-order valence-electron chi connectivity index (χ4n) is 2.40. The van der Waals surface area contributed by atoms with Crippen LogP contribution in [0, 0.1) is 5.82 Å². The van der Waals surface area contributed by atoms with Gasteiger partial charge in [-0.1, -0.05) is 32.0 Å². The molecule has 6 nitrogen and oxygen atoms in total. The summed E-state index contributed by atoms with van der Waals surface area (Å²) in [6.07, 6.45) is 0. The van der Waals surface area contributed by atoms with Crippen molar-refractivity contribution in [3.63, 3.8) is 0 Å². The molecule has 0 heterocycles. The van der Waals surface area contributed by atoms with E-state index in [0.717, 1.165) is 0 Å². The number of hydrogen-bond donors (Lipinski definition) is 1. The van der Waals surface area contributed by atoms with E-state index in [-0.39, 0.29) is 21.9 Å². The quantitative estimate of drug-likeness (QED) is 0.737. The second kappa shape index (κ2) is 8.26. The van der Waals surface area contributed by atoms with Gasteiger partial charge in [0.05, 0.1) is 9.79 Å². The molecule has 0 aliphatic carbocycles. The minimum Gasteiger partial charge on any atom is -0.207 e. The summed E-state index contributed by atoms with van der Waals surface area (Å²) in [7, 11) is -7.55. The lowest BCUT2D eigenvalue weighted by atomic mass is 10.2. The summed E-state index contributed by atoms with van der Waals surface area (Å²) >= 11 is 0. The molecule has 0 atom stereocenters. The first-order chi connectivity index (χ1) is 12.2. The number of rotatable bonds is 8. The van der Waals surface area contributed by atoms with Gasteiger partial charge in [0.2, 0.25) is 20.0 Å². The number of sulfonamides is 2. The SMILES string of the molecule is CCN(CC)S(=O)(=O)c1ccc(S(=O)(=O)NCc2ccccc2F)cc1. The standard InChI is InChI=1S/C17H21FN2O4S2/c1-3-20(4-2)26(23,24)16-11-9-15(10-12-16)25(21,22)19-13-14-7-5-6-8-17(14)18/h5-12,19H,3-4,13H2,1-2H3. The molecule has 0 saturated carbocycles. The Labute approximate surface area is 153 Å². The smallest absolute Gasteiger partial charge is 0.207 e. The molecule has 0 unspecified atom stereocenters. The zero-order valence-corrected chi connectivity index (χ0v) is 16.1. The first-order valence-electron chi connectivity index (χ1n) is 8.05. The molecular weight excluding hydrogens is 379 g/mol. The molecule has 2 rings (SSSR count). The highest BCUT2D eigenvalue weighted by molar-refractivity contribution is 7.89. The molecule has 0 spiro atoms. The van der Waals surface area contributed by atoms with Crippen LogP contribution in [-0.4, -0.2) is 34.2 Å². The summed E-state index contributed by atoms with van der Waals surface area (Å²) in [5, 5.41) is 0. The average molecular weight is 400 g/mol. The highest BCUT2D eigenvalue weighted by Gasteiger charge is 2.22. The first-order valence-corrected chi connectivity index (χ1v) is 11.0. The van der Waals surface area contributed by atoms with Gasteiger partial charge in [-0.15, -0.1) is 0 Å². The largest absolute Gasteiger partial charge is 0.243 e. The molecule has 142 valence electrons. The molecule has 1 N–H and O–H groups in total. The highest BCUT2D eigenvalue weighted by Crippen LogP contribution is 2.18. The molecule has 9 heteroatoms. The molecule has 0 saturated heterocycles. The summed E-state index contributed by atoms with van der Waals surface area (Å²) < 4.78 is 66.7.